The van der Waals surface area contributed by atoms with Crippen molar-refractivity contribution in [2.45, 2.75) is 59.8 Å². The van der Waals surface area contributed by atoms with Gasteiger partial charge in [0.2, 0.25) is 0 Å². The molecule has 0 saturated heterocycles. The van der Waals surface area contributed by atoms with Crippen LogP contribution in [0.5, 0.6) is 0 Å². The van der Waals surface area contributed by atoms with Crippen molar-refractivity contribution in [1.82, 2.24) is 0 Å². The van der Waals surface area contributed by atoms with Crippen molar-refractivity contribution in [3.63, 3.8) is 0 Å². The maximum atomic E-state index is 11.7. The first-order valence-corrected chi connectivity index (χ1v) is 6.32. The van der Waals surface area contributed by atoms with E-state index in [2.05, 4.69) is 27.7 Å². The van der Waals surface area contributed by atoms with Crippen molar-refractivity contribution in [1.29, 1.82) is 0 Å². The number of hydrogen-bond acceptors (Lipinski definition) is 2. The number of ether oxygens (including phenoxy) is 1. The molecule has 0 aliphatic rings. The van der Waals surface area contributed by atoms with E-state index in [0.29, 0.717) is 12.5 Å². The summed E-state index contributed by atoms with van der Waals surface area (Å²) in [5.74, 6) is 0.609. The molecule has 0 aromatic rings. The Bertz CT molecular complexity index is 166. The Kier molecular flexibility index (Phi) is 8.44. The Morgan fingerprint density at radius 2 is 1.87 bits per heavy atom. The Hall–Kier alpha value is -0.530. The summed E-state index contributed by atoms with van der Waals surface area (Å²) >= 11 is 0. The highest BCUT2D eigenvalue weighted by atomic mass is 16.5. The Morgan fingerprint density at radius 3 is 2.33 bits per heavy atom. The summed E-state index contributed by atoms with van der Waals surface area (Å²) in [6.45, 7) is 9.02. The van der Waals surface area contributed by atoms with Gasteiger partial charge in [0.1, 0.15) is 0 Å². The van der Waals surface area contributed by atoms with Gasteiger partial charge in [-0.15, -0.1) is 0 Å². The zero-order valence-corrected chi connectivity index (χ0v) is 10.7. The normalized spacial score (nSPS) is 14.7. The molecule has 2 heteroatoms. The third-order valence-electron chi connectivity index (χ3n) is 2.94. The highest BCUT2D eigenvalue weighted by Gasteiger charge is 2.17. The molecule has 0 saturated carbocycles. The molecule has 0 spiro atoms. The third kappa shape index (κ3) is 6.53. The largest absolute Gasteiger partial charge is 0.465 e. The molecule has 0 heterocycles. The first kappa shape index (κ1) is 14.5. The molecule has 0 bridgehead atoms. The summed E-state index contributed by atoms with van der Waals surface area (Å²) in [5.41, 5.74) is 0. The number of rotatable bonds is 8. The topological polar surface area (TPSA) is 26.3 Å². The average Bonchev–Trinajstić information content (AvgIpc) is 2.26. The molecule has 0 aliphatic heterocycles. The molecule has 0 aliphatic carbocycles. The van der Waals surface area contributed by atoms with E-state index in [0.717, 1.165) is 32.1 Å². The highest BCUT2D eigenvalue weighted by molar-refractivity contribution is 5.72. The van der Waals surface area contributed by atoms with Gasteiger partial charge in [0, 0.05) is 0 Å². The fourth-order valence-electron chi connectivity index (χ4n) is 1.40. The maximum Gasteiger partial charge on any atom is 0.308 e. The van der Waals surface area contributed by atoms with Crippen LogP contribution in [0.15, 0.2) is 0 Å². The lowest BCUT2D eigenvalue weighted by Gasteiger charge is -2.15. The van der Waals surface area contributed by atoms with E-state index in [1.54, 1.807) is 0 Å². The number of unbranched alkanes of at least 4 members (excludes halogenated alkanes) is 1. The van der Waals surface area contributed by atoms with E-state index in [1.165, 1.54) is 0 Å². The van der Waals surface area contributed by atoms with E-state index in [9.17, 15) is 4.79 Å². The van der Waals surface area contributed by atoms with Crippen LogP contribution in [0.2, 0.25) is 0 Å². The second-order valence-corrected chi connectivity index (χ2v) is 4.39. The molecule has 0 fully saturated rings. The molecule has 2 nitrogen and oxygen atoms in total. The lowest BCUT2D eigenvalue weighted by molar-refractivity contribution is -0.150. The van der Waals surface area contributed by atoms with Gasteiger partial charge < -0.3 is 4.74 Å². The minimum absolute atomic E-state index is 0.00579. The quantitative estimate of drug-likeness (QED) is 0.575. The zero-order valence-electron chi connectivity index (χ0n) is 10.7. The molecule has 90 valence electrons. The molecule has 0 aromatic carbocycles. The van der Waals surface area contributed by atoms with Gasteiger partial charge in [-0.25, -0.2) is 0 Å². The molecule has 0 aromatic heterocycles. The van der Waals surface area contributed by atoms with Gasteiger partial charge >= 0.3 is 5.97 Å². The van der Waals surface area contributed by atoms with Crippen LogP contribution in [0.1, 0.15) is 59.8 Å². The first-order chi connectivity index (χ1) is 7.15. The molecule has 0 radical (unpaired) electrons. The summed E-state index contributed by atoms with van der Waals surface area (Å²) in [7, 11) is 0. The Labute approximate surface area is 94.4 Å². The lowest BCUT2D eigenvalue weighted by Crippen LogP contribution is -2.20. The molecule has 2 unspecified atom stereocenters. The van der Waals surface area contributed by atoms with E-state index >= 15 is 0 Å². The third-order valence-corrected chi connectivity index (χ3v) is 2.94. The molecule has 2 atom stereocenters. The molecular weight excluding hydrogens is 188 g/mol. The van der Waals surface area contributed by atoms with Crippen LogP contribution < -0.4 is 0 Å². The van der Waals surface area contributed by atoms with Crippen molar-refractivity contribution in [3.05, 3.63) is 0 Å². The number of carbonyl (C=O) groups is 1. The first-order valence-electron chi connectivity index (χ1n) is 6.32. The van der Waals surface area contributed by atoms with Gasteiger partial charge in [0.15, 0.2) is 0 Å². The summed E-state index contributed by atoms with van der Waals surface area (Å²) < 4.78 is 5.31. The maximum absolute atomic E-state index is 11.7. The van der Waals surface area contributed by atoms with Gasteiger partial charge in [0.25, 0.3) is 0 Å². The van der Waals surface area contributed by atoms with Crippen molar-refractivity contribution in [2.24, 2.45) is 11.8 Å². The van der Waals surface area contributed by atoms with E-state index in [4.69, 9.17) is 4.74 Å². The summed E-state index contributed by atoms with van der Waals surface area (Å²) in [5, 5.41) is 0. The lowest BCUT2D eigenvalue weighted by atomic mass is 10.00. The van der Waals surface area contributed by atoms with Crippen LogP contribution in [0.4, 0.5) is 0 Å². The second-order valence-electron chi connectivity index (χ2n) is 4.39. The fourth-order valence-corrected chi connectivity index (χ4v) is 1.40. The van der Waals surface area contributed by atoms with Gasteiger partial charge in [-0.1, -0.05) is 47.0 Å². The van der Waals surface area contributed by atoms with Crippen LogP contribution in [-0.4, -0.2) is 12.6 Å². The van der Waals surface area contributed by atoms with Crippen molar-refractivity contribution in [3.8, 4) is 0 Å². The molecule has 15 heavy (non-hydrogen) atoms. The smallest absolute Gasteiger partial charge is 0.308 e. The molecular formula is C13H26O2. The van der Waals surface area contributed by atoms with Gasteiger partial charge in [-0.2, -0.15) is 0 Å². The zero-order chi connectivity index (χ0) is 11.7. The van der Waals surface area contributed by atoms with E-state index < -0.39 is 0 Å². The van der Waals surface area contributed by atoms with Crippen molar-refractivity contribution < 1.29 is 9.53 Å². The van der Waals surface area contributed by atoms with Crippen LogP contribution in [0, 0.1) is 11.8 Å². The van der Waals surface area contributed by atoms with Crippen molar-refractivity contribution >= 4 is 5.97 Å². The minimum Gasteiger partial charge on any atom is -0.465 e. The van der Waals surface area contributed by atoms with Crippen LogP contribution in [0.3, 0.4) is 0 Å². The molecule has 0 rings (SSSR count). The van der Waals surface area contributed by atoms with Gasteiger partial charge in [-0.3, -0.25) is 4.79 Å². The summed E-state index contributed by atoms with van der Waals surface area (Å²) in [4.78, 5) is 11.7. The Balaban J connectivity index is 3.82. The fraction of sp³-hybridized carbons (Fsp3) is 0.923. The minimum atomic E-state index is 0.00579. The van der Waals surface area contributed by atoms with E-state index in [-0.39, 0.29) is 11.9 Å². The van der Waals surface area contributed by atoms with Crippen LogP contribution in [-0.2, 0) is 9.53 Å². The van der Waals surface area contributed by atoms with E-state index in [1.807, 2.05) is 0 Å². The molecule has 0 amide bonds. The SMILES string of the molecule is CCCCC(CC)C(=O)OCC(C)CC. The number of carbonyl (C=O) groups excluding carboxylic acids is 1. The number of hydrogen-bond donors (Lipinski definition) is 0. The Morgan fingerprint density at radius 1 is 1.20 bits per heavy atom. The number of esters is 1. The second kappa shape index (κ2) is 8.75. The summed E-state index contributed by atoms with van der Waals surface area (Å²) in [6.07, 6.45) is 5.22. The standard InChI is InChI=1S/C13H26O2/c1-5-8-9-12(7-3)13(14)15-10-11(4)6-2/h11-12H,5-10H2,1-4H3. The van der Waals surface area contributed by atoms with Crippen LogP contribution in [0.25, 0.3) is 0 Å². The molecule has 0 N–H and O–H groups in total. The predicted molar refractivity (Wildman–Crippen MR) is 63.7 cm³/mol. The monoisotopic (exact) mass is 214 g/mol. The summed E-state index contributed by atoms with van der Waals surface area (Å²) in [6, 6.07) is 0. The highest BCUT2D eigenvalue weighted by Crippen LogP contribution is 2.15. The predicted octanol–water partition coefficient (Wildman–Crippen LogP) is 3.79. The average molecular weight is 214 g/mol. The van der Waals surface area contributed by atoms with Gasteiger partial charge in [0.05, 0.1) is 12.5 Å². The van der Waals surface area contributed by atoms with Crippen molar-refractivity contribution in [2.75, 3.05) is 6.61 Å². The van der Waals surface area contributed by atoms with Crippen LogP contribution >= 0.6 is 0 Å². The van der Waals surface area contributed by atoms with Gasteiger partial charge in [-0.05, 0) is 18.8 Å².